The van der Waals surface area contributed by atoms with Crippen molar-refractivity contribution in [2.75, 3.05) is 6.61 Å². The van der Waals surface area contributed by atoms with Gasteiger partial charge in [0.2, 0.25) is 0 Å². The molecule has 0 spiro atoms. The lowest BCUT2D eigenvalue weighted by molar-refractivity contribution is -0.385. The second kappa shape index (κ2) is 7.21. The Labute approximate surface area is 131 Å². The smallest absolute Gasteiger partial charge is 0.311 e. The number of nitro groups is 1. The van der Waals surface area contributed by atoms with Gasteiger partial charge in [-0.2, -0.15) is 0 Å². The molecule has 0 aliphatic heterocycles. The van der Waals surface area contributed by atoms with Crippen LogP contribution in [-0.4, -0.2) is 23.7 Å². The van der Waals surface area contributed by atoms with Gasteiger partial charge in [0.1, 0.15) is 12.0 Å². The highest BCUT2D eigenvalue weighted by Crippen LogP contribution is 2.27. The molecule has 1 atom stereocenters. The number of benzene rings is 1. The number of hydrogen-bond acceptors (Lipinski definition) is 6. The summed E-state index contributed by atoms with van der Waals surface area (Å²) in [7, 11) is 0. The Balaban J connectivity index is 1.98. The van der Waals surface area contributed by atoms with Gasteiger partial charge < -0.3 is 14.5 Å². The zero-order chi connectivity index (χ0) is 16.8. The average molecular weight is 318 g/mol. The van der Waals surface area contributed by atoms with Gasteiger partial charge in [0.15, 0.2) is 12.4 Å². The molecule has 0 saturated heterocycles. The van der Waals surface area contributed by atoms with Crippen molar-refractivity contribution in [3.05, 3.63) is 58.0 Å². The third kappa shape index (κ3) is 4.16. The molecule has 2 aromatic rings. The fraction of sp³-hybridized carbons (Fsp3) is 0.200. The second-order valence-corrected chi connectivity index (χ2v) is 4.70. The first-order valence-electron chi connectivity index (χ1n) is 6.70. The molecule has 0 fully saturated rings. The molecule has 23 heavy (non-hydrogen) atoms. The number of aldehydes is 1. The first-order valence-corrected chi connectivity index (χ1v) is 6.70. The molecular formula is C15H14N2O6. The molecular weight excluding hydrogens is 304 g/mol. The number of amides is 1. The summed E-state index contributed by atoms with van der Waals surface area (Å²) in [4.78, 5) is 32.8. The van der Waals surface area contributed by atoms with Crippen LogP contribution in [0.15, 0.2) is 41.0 Å². The molecule has 0 aliphatic carbocycles. The van der Waals surface area contributed by atoms with Crippen LogP contribution in [0.4, 0.5) is 5.69 Å². The Morgan fingerprint density at radius 2 is 2.26 bits per heavy atom. The minimum Gasteiger partial charge on any atom is -0.477 e. The number of nitrogens with zero attached hydrogens (tertiary/aromatic N) is 1. The maximum Gasteiger partial charge on any atom is 0.311 e. The third-order valence-corrected chi connectivity index (χ3v) is 3.02. The van der Waals surface area contributed by atoms with Crippen molar-refractivity contribution < 1.29 is 23.7 Å². The number of hydrogen-bond donors (Lipinski definition) is 1. The molecule has 2 rings (SSSR count). The van der Waals surface area contributed by atoms with Crippen molar-refractivity contribution in [1.82, 2.24) is 5.32 Å². The lowest BCUT2D eigenvalue weighted by Crippen LogP contribution is -2.31. The lowest BCUT2D eigenvalue weighted by atomic mass is 10.2. The fourth-order valence-corrected chi connectivity index (χ4v) is 1.91. The van der Waals surface area contributed by atoms with Crippen LogP contribution in [-0.2, 0) is 4.79 Å². The van der Waals surface area contributed by atoms with Gasteiger partial charge in [0.05, 0.1) is 17.2 Å². The van der Waals surface area contributed by atoms with E-state index in [0.717, 1.165) is 6.07 Å². The van der Waals surface area contributed by atoms with E-state index in [-0.39, 0.29) is 23.0 Å². The fourth-order valence-electron chi connectivity index (χ4n) is 1.91. The molecule has 1 heterocycles. The van der Waals surface area contributed by atoms with E-state index < -0.39 is 17.4 Å². The Morgan fingerprint density at radius 1 is 1.48 bits per heavy atom. The maximum atomic E-state index is 11.8. The standard InChI is InChI=1S/C15H14N2O6/c1-10(13-3-2-6-22-13)16-15(19)9-23-14-5-4-11(8-18)7-12(14)17(20)21/h2-8,10H,9H2,1H3,(H,16,19)/t10-/m1/s1. The van der Waals surface area contributed by atoms with Crippen LogP contribution in [0.25, 0.3) is 0 Å². The van der Waals surface area contributed by atoms with Crippen LogP contribution in [0, 0.1) is 10.1 Å². The predicted octanol–water partition coefficient (Wildman–Crippen LogP) is 2.26. The van der Waals surface area contributed by atoms with Crippen molar-refractivity contribution >= 4 is 17.9 Å². The quantitative estimate of drug-likeness (QED) is 0.476. The van der Waals surface area contributed by atoms with Crippen LogP contribution in [0.3, 0.4) is 0 Å². The van der Waals surface area contributed by atoms with Crippen molar-refractivity contribution in [3.63, 3.8) is 0 Å². The average Bonchev–Trinajstić information content (AvgIpc) is 3.07. The van der Waals surface area contributed by atoms with Gasteiger partial charge in [-0.15, -0.1) is 0 Å². The second-order valence-electron chi connectivity index (χ2n) is 4.70. The van der Waals surface area contributed by atoms with E-state index in [9.17, 15) is 19.7 Å². The largest absolute Gasteiger partial charge is 0.477 e. The van der Waals surface area contributed by atoms with Gasteiger partial charge in [0, 0.05) is 11.6 Å². The van der Waals surface area contributed by atoms with Crippen LogP contribution in [0.1, 0.15) is 29.1 Å². The van der Waals surface area contributed by atoms with E-state index in [2.05, 4.69) is 5.32 Å². The van der Waals surface area contributed by atoms with Gasteiger partial charge in [-0.1, -0.05) is 0 Å². The van der Waals surface area contributed by atoms with Crippen LogP contribution < -0.4 is 10.1 Å². The van der Waals surface area contributed by atoms with Crippen LogP contribution in [0.2, 0.25) is 0 Å². The SMILES string of the molecule is C[C@@H](NC(=O)COc1ccc(C=O)cc1[N+](=O)[O-])c1ccco1. The molecule has 120 valence electrons. The summed E-state index contributed by atoms with van der Waals surface area (Å²) in [5.41, 5.74) is -0.221. The van der Waals surface area contributed by atoms with Gasteiger partial charge in [-0.25, -0.2) is 0 Å². The van der Waals surface area contributed by atoms with Crippen molar-refractivity contribution in [2.24, 2.45) is 0 Å². The highest BCUT2D eigenvalue weighted by Gasteiger charge is 2.18. The highest BCUT2D eigenvalue weighted by molar-refractivity contribution is 5.79. The van der Waals surface area contributed by atoms with E-state index in [4.69, 9.17) is 9.15 Å². The van der Waals surface area contributed by atoms with E-state index in [1.807, 2.05) is 0 Å². The third-order valence-electron chi connectivity index (χ3n) is 3.02. The Morgan fingerprint density at radius 3 is 2.87 bits per heavy atom. The number of carbonyl (C=O) groups is 2. The topological polar surface area (TPSA) is 112 Å². The van der Waals surface area contributed by atoms with Crippen LogP contribution >= 0.6 is 0 Å². The predicted molar refractivity (Wildman–Crippen MR) is 79.2 cm³/mol. The molecule has 1 amide bonds. The molecule has 0 bridgehead atoms. The molecule has 8 nitrogen and oxygen atoms in total. The van der Waals surface area contributed by atoms with Crippen molar-refractivity contribution in [3.8, 4) is 5.75 Å². The number of nitrogens with one attached hydrogen (secondary N) is 1. The Kier molecular flexibility index (Phi) is 5.08. The summed E-state index contributed by atoms with van der Waals surface area (Å²) in [6.45, 7) is 1.34. The summed E-state index contributed by atoms with van der Waals surface area (Å²) in [6.07, 6.45) is 1.99. The zero-order valence-electron chi connectivity index (χ0n) is 12.2. The van der Waals surface area contributed by atoms with Gasteiger partial charge in [-0.05, 0) is 31.2 Å². The molecule has 8 heteroatoms. The molecule has 1 N–H and O–H groups in total. The minimum absolute atomic E-state index is 0.0820. The molecule has 0 radical (unpaired) electrons. The molecule has 0 aliphatic rings. The van der Waals surface area contributed by atoms with Gasteiger partial charge in [0.25, 0.3) is 5.91 Å². The summed E-state index contributed by atoms with van der Waals surface area (Å²) >= 11 is 0. The van der Waals surface area contributed by atoms with Gasteiger partial charge >= 0.3 is 5.69 Å². The number of carbonyl (C=O) groups excluding carboxylic acids is 2. The van der Waals surface area contributed by atoms with Gasteiger partial charge in [-0.3, -0.25) is 19.7 Å². The molecule has 0 saturated carbocycles. The number of nitro benzene ring substituents is 1. The first-order chi connectivity index (χ1) is 11.0. The van der Waals surface area contributed by atoms with E-state index in [0.29, 0.717) is 12.0 Å². The van der Waals surface area contributed by atoms with Crippen molar-refractivity contribution in [2.45, 2.75) is 13.0 Å². The highest BCUT2D eigenvalue weighted by atomic mass is 16.6. The zero-order valence-corrected chi connectivity index (χ0v) is 12.2. The first kappa shape index (κ1) is 16.2. The summed E-state index contributed by atoms with van der Waals surface area (Å²) < 4.78 is 10.3. The van der Waals surface area contributed by atoms with E-state index >= 15 is 0 Å². The number of ether oxygens (including phenoxy) is 1. The minimum atomic E-state index is -0.675. The van der Waals surface area contributed by atoms with Crippen LogP contribution in [0.5, 0.6) is 5.75 Å². The lowest BCUT2D eigenvalue weighted by Gasteiger charge is -2.12. The summed E-state index contributed by atoms with van der Waals surface area (Å²) in [5, 5.41) is 13.6. The molecule has 0 unspecified atom stereocenters. The Bertz CT molecular complexity index is 711. The number of rotatable bonds is 7. The summed E-state index contributed by atoms with van der Waals surface area (Å²) in [6, 6.07) is 6.81. The van der Waals surface area contributed by atoms with E-state index in [1.54, 1.807) is 19.1 Å². The number of furan rings is 1. The maximum absolute atomic E-state index is 11.8. The Hall–Kier alpha value is -3.16. The van der Waals surface area contributed by atoms with E-state index in [1.165, 1.54) is 18.4 Å². The summed E-state index contributed by atoms with van der Waals surface area (Å²) in [5.74, 6) is 0.0451. The van der Waals surface area contributed by atoms with Crippen molar-refractivity contribution in [1.29, 1.82) is 0 Å². The molecule has 1 aromatic carbocycles. The monoisotopic (exact) mass is 318 g/mol. The molecule has 1 aromatic heterocycles. The normalized spacial score (nSPS) is 11.5.